The van der Waals surface area contributed by atoms with Crippen molar-refractivity contribution in [3.63, 3.8) is 0 Å². The third-order valence-electron chi connectivity index (χ3n) is 4.01. The minimum atomic E-state index is -3.57. The summed E-state index contributed by atoms with van der Waals surface area (Å²) >= 11 is 6.09. The summed E-state index contributed by atoms with van der Waals surface area (Å²) in [4.78, 5) is 0.245. The monoisotopic (exact) mass is 332 g/mol. The number of sulfonamides is 1. The molecule has 1 aromatic carbocycles. The number of methoxy groups -OCH3 is 1. The minimum Gasteiger partial charge on any atom is -0.495 e. The summed E-state index contributed by atoms with van der Waals surface area (Å²) in [5.74, 6) is 0.481. The topological polar surface area (TPSA) is 58.6 Å². The highest BCUT2D eigenvalue weighted by atomic mass is 35.5. The standard InChI is InChI=1S/C14H21ClN2O3S/c1-9-7-13(20-4)12(15)8-14(9)21(18,19)17-6-5-16-10(2)11(17)3/h7-8,10-11,16H,5-6H2,1-4H3. The summed E-state index contributed by atoms with van der Waals surface area (Å²) in [6.07, 6.45) is 0. The van der Waals surface area contributed by atoms with Gasteiger partial charge in [0.2, 0.25) is 10.0 Å². The van der Waals surface area contributed by atoms with E-state index < -0.39 is 10.0 Å². The van der Waals surface area contributed by atoms with E-state index in [2.05, 4.69) is 5.32 Å². The maximum Gasteiger partial charge on any atom is 0.243 e. The predicted molar refractivity (Wildman–Crippen MR) is 83.6 cm³/mol. The second kappa shape index (κ2) is 6.12. The smallest absolute Gasteiger partial charge is 0.243 e. The fraction of sp³-hybridized carbons (Fsp3) is 0.571. The first kappa shape index (κ1) is 16.5. The Hall–Kier alpha value is -0.820. The summed E-state index contributed by atoms with van der Waals surface area (Å²) in [6, 6.07) is 3.14. The summed E-state index contributed by atoms with van der Waals surface area (Å²) in [5.41, 5.74) is 0.634. The predicted octanol–water partition coefficient (Wildman–Crippen LogP) is 2.03. The lowest BCUT2D eigenvalue weighted by Crippen LogP contribution is -2.57. The van der Waals surface area contributed by atoms with Crippen LogP contribution in [0.5, 0.6) is 5.75 Å². The third-order valence-corrected chi connectivity index (χ3v) is 6.44. The molecule has 2 unspecified atom stereocenters. The Morgan fingerprint density at radius 1 is 1.38 bits per heavy atom. The Bertz CT molecular complexity index is 633. The Kier molecular flexibility index (Phi) is 4.82. The zero-order valence-corrected chi connectivity index (χ0v) is 14.3. The Morgan fingerprint density at radius 3 is 2.67 bits per heavy atom. The number of ether oxygens (including phenoxy) is 1. The van der Waals surface area contributed by atoms with E-state index in [0.717, 1.165) is 0 Å². The minimum absolute atomic E-state index is 0.107. The first-order chi connectivity index (χ1) is 9.78. The van der Waals surface area contributed by atoms with Gasteiger partial charge >= 0.3 is 0 Å². The van der Waals surface area contributed by atoms with E-state index in [9.17, 15) is 8.42 Å². The van der Waals surface area contributed by atoms with Gasteiger partial charge in [0.25, 0.3) is 0 Å². The van der Waals surface area contributed by atoms with Gasteiger partial charge in [-0.15, -0.1) is 0 Å². The third kappa shape index (κ3) is 3.04. The number of hydrogen-bond donors (Lipinski definition) is 1. The molecule has 1 saturated heterocycles. The van der Waals surface area contributed by atoms with Crippen LogP contribution in [0.1, 0.15) is 19.4 Å². The first-order valence-electron chi connectivity index (χ1n) is 6.88. The highest BCUT2D eigenvalue weighted by Crippen LogP contribution is 2.32. The van der Waals surface area contributed by atoms with Gasteiger partial charge in [-0.1, -0.05) is 11.6 Å². The number of nitrogens with one attached hydrogen (secondary N) is 1. The molecular weight excluding hydrogens is 312 g/mol. The van der Waals surface area contributed by atoms with Gasteiger partial charge in [0.05, 0.1) is 17.0 Å². The molecule has 1 aromatic rings. The molecule has 0 saturated carbocycles. The first-order valence-corrected chi connectivity index (χ1v) is 8.70. The zero-order chi connectivity index (χ0) is 15.8. The van der Waals surface area contributed by atoms with Gasteiger partial charge < -0.3 is 10.1 Å². The van der Waals surface area contributed by atoms with Gasteiger partial charge in [0.1, 0.15) is 5.75 Å². The summed E-state index contributed by atoms with van der Waals surface area (Å²) in [7, 11) is -2.06. The molecular formula is C14H21ClN2O3S. The van der Waals surface area contributed by atoms with Crippen LogP contribution in [0.15, 0.2) is 17.0 Å². The van der Waals surface area contributed by atoms with E-state index in [0.29, 0.717) is 29.4 Å². The van der Waals surface area contributed by atoms with E-state index >= 15 is 0 Å². The largest absolute Gasteiger partial charge is 0.495 e. The van der Waals surface area contributed by atoms with Gasteiger partial charge in [-0.3, -0.25) is 0 Å². The average molecular weight is 333 g/mol. The number of nitrogens with zero attached hydrogens (tertiary/aromatic N) is 1. The lowest BCUT2D eigenvalue weighted by Gasteiger charge is -2.37. The summed E-state index contributed by atoms with van der Waals surface area (Å²) in [6.45, 7) is 6.75. The van der Waals surface area contributed by atoms with Crippen LogP contribution in [0.4, 0.5) is 0 Å². The molecule has 2 rings (SSSR count). The average Bonchev–Trinajstić information content (AvgIpc) is 2.43. The Balaban J connectivity index is 2.47. The molecule has 0 aromatic heterocycles. The Morgan fingerprint density at radius 2 is 2.05 bits per heavy atom. The molecule has 0 radical (unpaired) electrons. The lowest BCUT2D eigenvalue weighted by atomic mass is 10.1. The van der Waals surface area contributed by atoms with Crippen LogP contribution >= 0.6 is 11.6 Å². The molecule has 1 fully saturated rings. The van der Waals surface area contributed by atoms with Crippen LogP contribution in [0.25, 0.3) is 0 Å². The van der Waals surface area contributed by atoms with E-state index in [4.69, 9.17) is 16.3 Å². The van der Waals surface area contributed by atoms with Crippen molar-refractivity contribution < 1.29 is 13.2 Å². The van der Waals surface area contributed by atoms with E-state index in [1.807, 2.05) is 13.8 Å². The molecule has 7 heteroatoms. The van der Waals surface area contributed by atoms with Crippen LogP contribution < -0.4 is 10.1 Å². The van der Waals surface area contributed by atoms with Crippen molar-refractivity contribution in [2.75, 3.05) is 20.2 Å². The van der Waals surface area contributed by atoms with Crippen molar-refractivity contribution in [3.8, 4) is 5.75 Å². The van der Waals surface area contributed by atoms with E-state index in [1.165, 1.54) is 13.2 Å². The van der Waals surface area contributed by atoms with E-state index in [-0.39, 0.29) is 17.0 Å². The molecule has 1 heterocycles. The summed E-state index contributed by atoms with van der Waals surface area (Å²) in [5, 5.41) is 3.58. The fourth-order valence-corrected chi connectivity index (χ4v) is 4.81. The molecule has 5 nitrogen and oxygen atoms in total. The van der Waals surface area contributed by atoms with Gasteiger partial charge in [-0.25, -0.2) is 8.42 Å². The molecule has 0 bridgehead atoms. The number of piperazine rings is 1. The molecule has 1 N–H and O–H groups in total. The molecule has 2 atom stereocenters. The SMILES string of the molecule is COc1cc(C)c(S(=O)(=O)N2CCNC(C)C2C)cc1Cl. The van der Waals surface area contributed by atoms with Crippen molar-refractivity contribution in [3.05, 3.63) is 22.7 Å². The van der Waals surface area contributed by atoms with Crippen molar-refractivity contribution in [2.45, 2.75) is 37.8 Å². The number of hydrogen-bond acceptors (Lipinski definition) is 4. The molecule has 0 spiro atoms. The van der Waals surface area contributed by atoms with Crippen LogP contribution in [-0.4, -0.2) is 45.0 Å². The second-order valence-corrected chi connectivity index (χ2v) is 7.62. The molecule has 118 valence electrons. The number of aryl methyl sites for hydroxylation is 1. The maximum atomic E-state index is 12.9. The van der Waals surface area contributed by atoms with Gasteiger partial charge in [0, 0.05) is 25.2 Å². The molecule has 21 heavy (non-hydrogen) atoms. The fourth-order valence-electron chi connectivity index (χ4n) is 2.56. The van der Waals surface area contributed by atoms with Gasteiger partial charge in [-0.05, 0) is 38.5 Å². The molecule has 1 aliphatic heterocycles. The molecule has 0 aliphatic carbocycles. The van der Waals surface area contributed by atoms with Crippen molar-refractivity contribution in [2.24, 2.45) is 0 Å². The van der Waals surface area contributed by atoms with Crippen molar-refractivity contribution in [1.29, 1.82) is 0 Å². The lowest BCUT2D eigenvalue weighted by molar-refractivity contribution is 0.232. The molecule has 0 amide bonds. The number of rotatable bonds is 3. The molecule has 1 aliphatic rings. The Labute approximate surface area is 131 Å². The van der Waals surface area contributed by atoms with Crippen LogP contribution in [-0.2, 0) is 10.0 Å². The van der Waals surface area contributed by atoms with Gasteiger partial charge in [0.15, 0.2) is 0 Å². The highest BCUT2D eigenvalue weighted by molar-refractivity contribution is 7.89. The van der Waals surface area contributed by atoms with Crippen LogP contribution in [0.3, 0.4) is 0 Å². The highest BCUT2D eigenvalue weighted by Gasteiger charge is 2.35. The summed E-state index contributed by atoms with van der Waals surface area (Å²) < 4.78 is 32.5. The second-order valence-electron chi connectivity index (χ2n) is 5.35. The zero-order valence-electron chi connectivity index (χ0n) is 12.7. The maximum absolute atomic E-state index is 12.9. The van der Waals surface area contributed by atoms with Crippen LogP contribution in [0, 0.1) is 6.92 Å². The van der Waals surface area contributed by atoms with Gasteiger partial charge in [-0.2, -0.15) is 4.31 Å². The quantitative estimate of drug-likeness (QED) is 0.920. The van der Waals surface area contributed by atoms with Crippen LogP contribution in [0.2, 0.25) is 5.02 Å². The number of halogens is 1. The number of benzene rings is 1. The van der Waals surface area contributed by atoms with Crippen molar-refractivity contribution in [1.82, 2.24) is 9.62 Å². The van der Waals surface area contributed by atoms with Crippen molar-refractivity contribution >= 4 is 21.6 Å². The normalized spacial score (nSPS) is 24.0. The van der Waals surface area contributed by atoms with E-state index in [1.54, 1.807) is 17.3 Å².